The molecule has 1 aliphatic rings. The zero-order valence-electron chi connectivity index (χ0n) is 16.7. The summed E-state index contributed by atoms with van der Waals surface area (Å²) in [6.45, 7) is 1.42. The Labute approximate surface area is 190 Å². The Morgan fingerprint density at radius 1 is 1.10 bits per heavy atom. The maximum atomic E-state index is 12.4. The zero-order valence-corrected chi connectivity index (χ0v) is 19.6. The average molecular weight is 541 g/mol. The van der Waals surface area contributed by atoms with Crippen LogP contribution >= 0.6 is 22.6 Å². The van der Waals surface area contributed by atoms with Crippen LogP contribution in [0.1, 0.15) is 24.0 Å². The van der Waals surface area contributed by atoms with Crippen LogP contribution in [0.2, 0.25) is 0 Å². The number of hydrogen-bond acceptors (Lipinski definition) is 4. The third kappa shape index (κ3) is 6.18. The van der Waals surface area contributed by atoms with Gasteiger partial charge in [-0.05, 0) is 64.4 Å². The number of nitrogens with one attached hydrogen (secondary N) is 1. The summed E-state index contributed by atoms with van der Waals surface area (Å²) in [4.78, 5) is 26.0. The van der Waals surface area contributed by atoms with Crippen LogP contribution in [0, 0.1) is 3.57 Å². The first kappa shape index (κ1) is 22.5. The second-order valence-corrected chi connectivity index (χ2v) is 10.4. The van der Waals surface area contributed by atoms with Gasteiger partial charge in [0.15, 0.2) is 0 Å². The fourth-order valence-electron chi connectivity index (χ4n) is 3.25. The molecule has 2 aromatic carbocycles. The standard InChI is InChI=1S/C21H24IN3O4S/c1-30(28,29)25(19-10-8-18(22)9-11-19)15-20(26)23-13-16-4-6-17(7-5-16)14-24-12-2-3-21(24)27/h4-11H,2-3,12-15H2,1H3,(H,23,26). The molecule has 0 atom stereocenters. The summed E-state index contributed by atoms with van der Waals surface area (Å²) in [5, 5.41) is 2.77. The van der Waals surface area contributed by atoms with Gasteiger partial charge in [-0.2, -0.15) is 0 Å². The molecule has 2 amide bonds. The number of sulfonamides is 1. The quantitative estimate of drug-likeness (QED) is 0.521. The molecule has 0 bridgehead atoms. The van der Waals surface area contributed by atoms with E-state index in [4.69, 9.17) is 0 Å². The molecule has 0 saturated carbocycles. The van der Waals surface area contributed by atoms with E-state index in [2.05, 4.69) is 27.9 Å². The Morgan fingerprint density at radius 3 is 2.30 bits per heavy atom. The van der Waals surface area contributed by atoms with Gasteiger partial charge in [-0.25, -0.2) is 8.42 Å². The predicted octanol–water partition coefficient (Wildman–Crippen LogP) is 2.50. The summed E-state index contributed by atoms with van der Waals surface area (Å²) in [7, 11) is -3.59. The van der Waals surface area contributed by atoms with Crippen LogP contribution in [0.25, 0.3) is 0 Å². The first-order valence-corrected chi connectivity index (χ1v) is 12.5. The molecule has 9 heteroatoms. The first-order valence-electron chi connectivity index (χ1n) is 9.58. The van der Waals surface area contributed by atoms with Crippen LogP contribution in [0.5, 0.6) is 0 Å². The smallest absolute Gasteiger partial charge is 0.241 e. The van der Waals surface area contributed by atoms with E-state index in [1.165, 1.54) is 0 Å². The van der Waals surface area contributed by atoms with Crippen molar-refractivity contribution in [1.82, 2.24) is 10.2 Å². The number of rotatable bonds is 8. The summed E-state index contributed by atoms with van der Waals surface area (Å²) in [6.07, 6.45) is 2.62. The van der Waals surface area contributed by atoms with E-state index in [0.717, 1.165) is 38.2 Å². The van der Waals surface area contributed by atoms with Gasteiger partial charge in [-0.1, -0.05) is 24.3 Å². The number of carbonyl (C=O) groups excluding carboxylic acids is 2. The molecule has 1 N–H and O–H groups in total. The molecule has 7 nitrogen and oxygen atoms in total. The van der Waals surface area contributed by atoms with Crippen LogP contribution in [0.4, 0.5) is 5.69 Å². The number of carbonyl (C=O) groups is 2. The molecular formula is C21H24IN3O4S. The Hall–Kier alpha value is -2.14. The topological polar surface area (TPSA) is 86.8 Å². The number of likely N-dealkylation sites (tertiary alicyclic amines) is 1. The van der Waals surface area contributed by atoms with Crippen molar-refractivity contribution in [2.75, 3.05) is 23.7 Å². The lowest BCUT2D eigenvalue weighted by Gasteiger charge is -2.22. The maximum Gasteiger partial charge on any atom is 0.241 e. The van der Waals surface area contributed by atoms with Crippen molar-refractivity contribution in [3.05, 3.63) is 63.2 Å². The van der Waals surface area contributed by atoms with Crippen molar-refractivity contribution in [3.8, 4) is 0 Å². The van der Waals surface area contributed by atoms with Gasteiger partial charge in [0.25, 0.3) is 0 Å². The van der Waals surface area contributed by atoms with Crippen molar-refractivity contribution in [3.63, 3.8) is 0 Å². The molecule has 0 radical (unpaired) electrons. The molecular weight excluding hydrogens is 517 g/mol. The largest absolute Gasteiger partial charge is 0.350 e. The highest BCUT2D eigenvalue weighted by molar-refractivity contribution is 14.1. The normalized spacial score (nSPS) is 14.1. The molecule has 1 aliphatic heterocycles. The van der Waals surface area contributed by atoms with Crippen molar-refractivity contribution in [1.29, 1.82) is 0 Å². The highest BCUT2D eigenvalue weighted by atomic mass is 127. The van der Waals surface area contributed by atoms with Gasteiger partial charge in [0.1, 0.15) is 6.54 Å². The van der Waals surface area contributed by atoms with Gasteiger partial charge < -0.3 is 10.2 Å². The van der Waals surface area contributed by atoms with E-state index in [1.807, 2.05) is 29.2 Å². The van der Waals surface area contributed by atoms with Crippen LogP contribution in [-0.2, 0) is 32.7 Å². The molecule has 0 aliphatic carbocycles. The fourth-order valence-corrected chi connectivity index (χ4v) is 4.46. The zero-order chi connectivity index (χ0) is 21.7. The van der Waals surface area contributed by atoms with Gasteiger partial charge >= 0.3 is 0 Å². The molecule has 1 saturated heterocycles. The first-order chi connectivity index (χ1) is 14.2. The van der Waals surface area contributed by atoms with E-state index in [-0.39, 0.29) is 18.4 Å². The molecule has 2 aromatic rings. The minimum atomic E-state index is -3.59. The van der Waals surface area contributed by atoms with Gasteiger partial charge in [-0.3, -0.25) is 13.9 Å². The van der Waals surface area contributed by atoms with Gasteiger partial charge in [0, 0.05) is 29.6 Å². The Bertz CT molecular complexity index is 1010. The highest BCUT2D eigenvalue weighted by Gasteiger charge is 2.21. The lowest BCUT2D eigenvalue weighted by molar-refractivity contribution is -0.128. The molecule has 30 heavy (non-hydrogen) atoms. The van der Waals surface area contributed by atoms with Crippen LogP contribution in [0.15, 0.2) is 48.5 Å². The van der Waals surface area contributed by atoms with E-state index in [9.17, 15) is 18.0 Å². The minimum Gasteiger partial charge on any atom is -0.350 e. The van der Waals surface area contributed by atoms with E-state index in [0.29, 0.717) is 25.2 Å². The fraction of sp³-hybridized carbons (Fsp3) is 0.333. The summed E-state index contributed by atoms with van der Waals surface area (Å²) in [6, 6.07) is 14.7. The number of nitrogens with zero attached hydrogens (tertiary/aromatic N) is 2. The second-order valence-electron chi connectivity index (χ2n) is 7.26. The summed E-state index contributed by atoms with van der Waals surface area (Å²) >= 11 is 2.14. The van der Waals surface area contributed by atoms with Crippen molar-refractivity contribution in [2.45, 2.75) is 25.9 Å². The summed E-state index contributed by atoms with van der Waals surface area (Å²) in [5.41, 5.74) is 2.40. The SMILES string of the molecule is CS(=O)(=O)N(CC(=O)NCc1ccc(CN2CCCC2=O)cc1)c1ccc(I)cc1. The van der Waals surface area contributed by atoms with Gasteiger partial charge in [0.05, 0.1) is 11.9 Å². The third-order valence-corrected chi connectivity index (χ3v) is 6.72. The van der Waals surface area contributed by atoms with E-state index >= 15 is 0 Å². The third-order valence-electron chi connectivity index (χ3n) is 4.86. The van der Waals surface area contributed by atoms with Crippen molar-refractivity contribution < 1.29 is 18.0 Å². The summed E-state index contributed by atoms with van der Waals surface area (Å²) in [5.74, 6) is -0.194. The van der Waals surface area contributed by atoms with Crippen LogP contribution < -0.4 is 9.62 Å². The lowest BCUT2D eigenvalue weighted by atomic mass is 10.1. The summed E-state index contributed by atoms with van der Waals surface area (Å²) < 4.78 is 26.4. The molecule has 160 valence electrons. The molecule has 3 rings (SSSR count). The molecule has 0 spiro atoms. The Balaban J connectivity index is 1.56. The second kappa shape index (κ2) is 9.78. The number of benzene rings is 2. The van der Waals surface area contributed by atoms with Crippen molar-refractivity contribution >= 4 is 50.1 Å². The van der Waals surface area contributed by atoms with Crippen LogP contribution in [0.3, 0.4) is 0 Å². The highest BCUT2D eigenvalue weighted by Crippen LogP contribution is 2.19. The van der Waals surface area contributed by atoms with Gasteiger partial charge in [0.2, 0.25) is 21.8 Å². The number of hydrogen-bond donors (Lipinski definition) is 1. The average Bonchev–Trinajstić information content (AvgIpc) is 3.10. The number of amides is 2. The van der Waals surface area contributed by atoms with Gasteiger partial charge in [-0.15, -0.1) is 0 Å². The number of halogens is 1. The van der Waals surface area contributed by atoms with E-state index < -0.39 is 10.0 Å². The lowest BCUT2D eigenvalue weighted by Crippen LogP contribution is -2.40. The number of anilines is 1. The Kier molecular flexibility index (Phi) is 7.35. The molecule has 1 heterocycles. The van der Waals surface area contributed by atoms with Crippen LogP contribution in [-0.4, -0.2) is 44.5 Å². The maximum absolute atomic E-state index is 12.4. The monoisotopic (exact) mass is 541 g/mol. The molecule has 0 aromatic heterocycles. The predicted molar refractivity (Wildman–Crippen MR) is 124 cm³/mol. The van der Waals surface area contributed by atoms with Crippen molar-refractivity contribution in [2.24, 2.45) is 0 Å². The Morgan fingerprint density at radius 2 is 1.73 bits per heavy atom. The minimum absolute atomic E-state index is 0.190. The molecule has 1 fully saturated rings. The molecule has 0 unspecified atom stereocenters. The van der Waals surface area contributed by atoms with E-state index in [1.54, 1.807) is 24.3 Å².